The number of carbonyl (C=O) groups excluding carboxylic acids is 1. The fourth-order valence-corrected chi connectivity index (χ4v) is 2.99. The summed E-state index contributed by atoms with van der Waals surface area (Å²) in [5.74, 6) is 1.86. The first-order chi connectivity index (χ1) is 14.1. The largest absolute Gasteiger partial charge is 0.497 e. The van der Waals surface area contributed by atoms with Crippen LogP contribution in [0.15, 0.2) is 72.8 Å². The van der Waals surface area contributed by atoms with E-state index in [4.69, 9.17) is 9.47 Å². The molecule has 0 fully saturated rings. The van der Waals surface area contributed by atoms with Gasteiger partial charge in [-0.2, -0.15) is 0 Å². The van der Waals surface area contributed by atoms with Crippen LogP contribution in [-0.4, -0.2) is 29.1 Å². The SMILES string of the molecule is COc1ccc(OC(C)C(=O)Nc2cccc(-c3nc4ccccc4[nH]3)c2)cc1. The summed E-state index contributed by atoms with van der Waals surface area (Å²) in [7, 11) is 1.60. The Morgan fingerprint density at radius 1 is 1.00 bits per heavy atom. The smallest absolute Gasteiger partial charge is 0.265 e. The lowest BCUT2D eigenvalue weighted by molar-refractivity contribution is -0.122. The molecular formula is C23H21N3O3. The fourth-order valence-electron chi connectivity index (χ4n) is 2.99. The Kier molecular flexibility index (Phi) is 5.16. The number of anilines is 1. The van der Waals surface area contributed by atoms with Crippen LogP contribution in [0.1, 0.15) is 6.92 Å². The molecule has 29 heavy (non-hydrogen) atoms. The number of rotatable bonds is 6. The number of fused-ring (bicyclic) bond motifs is 1. The van der Waals surface area contributed by atoms with Crippen molar-refractivity contribution < 1.29 is 14.3 Å². The second kappa shape index (κ2) is 8.06. The highest BCUT2D eigenvalue weighted by molar-refractivity contribution is 5.94. The lowest BCUT2D eigenvalue weighted by Gasteiger charge is -2.15. The number of carbonyl (C=O) groups is 1. The van der Waals surface area contributed by atoms with Crippen molar-refractivity contribution in [1.82, 2.24) is 9.97 Å². The third-order valence-corrected chi connectivity index (χ3v) is 4.53. The van der Waals surface area contributed by atoms with Gasteiger partial charge < -0.3 is 19.8 Å². The number of benzene rings is 3. The van der Waals surface area contributed by atoms with Crippen molar-refractivity contribution in [3.63, 3.8) is 0 Å². The van der Waals surface area contributed by atoms with Crippen molar-refractivity contribution in [2.24, 2.45) is 0 Å². The zero-order valence-corrected chi connectivity index (χ0v) is 16.2. The van der Waals surface area contributed by atoms with Crippen molar-refractivity contribution in [3.05, 3.63) is 72.8 Å². The maximum absolute atomic E-state index is 12.5. The summed E-state index contributed by atoms with van der Waals surface area (Å²) in [5, 5.41) is 2.90. The van der Waals surface area contributed by atoms with E-state index in [1.807, 2.05) is 48.5 Å². The van der Waals surface area contributed by atoms with Crippen molar-refractivity contribution >= 4 is 22.6 Å². The number of ether oxygens (including phenoxy) is 2. The van der Waals surface area contributed by atoms with Gasteiger partial charge in [0.25, 0.3) is 5.91 Å². The highest BCUT2D eigenvalue weighted by atomic mass is 16.5. The van der Waals surface area contributed by atoms with Crippen LogP contribution in [0, 0.1) is 0 Å². The first kappa shape index (κ1) is 18.6. The molecule has 4 rings (SSSR count). The van der Waals surface area contributed by atoms with Crippen LogP contribution in [0.5, 0.6) is 11.5 Å². The number of amides is 1. The monoisotopic (exact) mass is 387 g/mol. The van der Waals surface area contributed by atoms with E-state index in [1.165, 1.54) is 0 Å². The second-order valence-electron chi connectivity index (χ2n) is 6.61. The summed E-state index contributed by atoms with van der Waals surface area (Å²) >= 11 is 0. The second-order valence-corrected chi connectivity index (χ2v) is 6.61. The quantitative estimate of drug-likeness (QED) is 0.505. The Morgan fingerprint density at radius 3 is 2.52 bits per heavy atom. The molecule has 0 aliphatic rings. The number of para-hydroxylation sites is 2. The standard InChI is InChI=1S/C23H21N3O3/c1-15(29-19-12-10-18(28-2)11-13-19)23(27)24-17-7-5-6-16(14-17)22-25-20-8-3-4-9-21(20)26-22/h3-15H,1-2H3,(H,24,27)(H,25,26). The zero-order chi connectivity index (χ0) is 20.2. The lowest BCUT2D eigenvalue weighted by atomic mass is 10.2. The molecular weight excluding hydrogens is 366 g/mol. The molecule has 6 nitrogen and oxygen atoms in total. The average molecular weight is 387 g/mol. The molecule has 2 N–H and O–H groups in total. The minimum absolute atomic E-state index is 0.234. The number of nitrogens with zero attached hydrogens (tertiary/aromatic N) is 1. The zero-order valence-electron chi connectivity index (χ0n) is 16.2. The normalized spacial score (nSPS) is 11.8. The Bertz CT molecular complexity index is 1100. The molecule has 1 amide bonds. The fraction of sp³-hybridized carbons (Fsp3) is 0.130. The van der Waals surface area contributed by atoms with Crippen LogP contribution >= 0.6 is 0 Å². The van der Waals surface area contributed by atoms with Gasteiger partial charge in [-0.3, -0.25) is 4.79 Å². The van der Waals surface area contributed by atoms with Gasteiger partial charge in [0.05, 0.1) is 18.1 Å². The van der Waals surface area contributed by atoms with Gasteiger partial charge in [-0.15, -0.1) is 0 Å². The highest BCUT2D eigenvalue weighted by Gasteiger charge is 2.15. The van der Waals surface area contributed by atoms with Gasteiger partial charge in [-0.25, -0.2) is 4.98 Å². The Labute approximate surface area is 168 Å². The van der Waals surface area contributed by atoms with E-state index in [2.05, 4.69) is 15.3 Å². The van der Waals surface area contributed by atoms with Gasteiger partial charge in [-0.1, -0.05) is 24.3 Å². The average Bonchev–Trinajstić information content (AvgIpc) is 3.19. The van der Waals surface area contributed by atoms with Gasteiger partial charge in [0, 0.05) is 11.3 Å². The van der Waals surface area contributed by atoms with E-state index in [0.29, 0.717) is 11.4 Å². The van der Waals surface area contributed by atoms with Crippen LogP contribution in [0.25, 0.3) is 22.4 Å². The molecule has 1 unspecified atom stereocenters. The van der Waals surface area contributed by atoms with Crippen LogP contribution in [0.3, 0.4) is 0 Å². The van der Waals surface area contributed by atoms with Crippen molar-refractivity contribution in [2.75, 3.05) is 12.4 Å². The molecule has 0 aliphatic heterocycles. The molecule has 1 atom stereocenters. The van der Waals surface area contributed by atoms with Gasteiger partial charge in [0.15, 0.2) is 6.10 Å². The number of hydrogen-bond acceptors (Lipinski definition) is 4. The molecule has 1 aromatic heterocycles. The van der Waals surface area contributed by atoms with E-state index in [0.717, 1.165) is 28.2 Å². The van der Waals surface area contributed by atoms with Crippen LogP contribution in [0.2, 0.25) is 0 Å². The number of hydrogen-bond donors (Lipinski definition) is 2. The number of methoxy groups -OCH3 is 1. The number of nitrogens with one attached hydrogen (secondary N) is 2. The van der Waals surface area contributed by atoms with E-state index >= 15 is 0 Å². The van der Waals surface area contributed by atoms with Crippen LogP contribution < -0.4 is 14.8 Å². The van der Waals surface area contributed by atoms with E-state index in [1.54, 1.807) is 38.3 Å². The van der Waals surface area contributed by atoms with E-state index < -0.39 is 6.10 Å². The molecule has 0 saturated carbocycles. The number of H-pyrrole nitrogens is 1. The summed E-state index contributed by atoms with van der Waals surface area (Å²) in [4.78, 5) is 20.4. The number of imidazole rings is 1. The first-order valence-corrected chi connectivity index (χ1v) is 9.29. The summed E-state index contributed by atoms with van der Waals surface area (Å²) in [5.41, 5.74) is 3.44. The molecule has 0 radical (unpaired) electrons. The maximum atomic E-state index is 12.5. The van der Waals surface area contributed by atoms with E-state index in [9.17, 15) is 4.79 Å². The summed E-state index contributed by atoms with van der Waals surface area (Å²) in [6.07, 6.45) is -0.654. The van der Waals surface area contributed by atoms with Gasteiger partial charge in [-0.05, 0) is 55.5 Å². The predicted octanol–water partition coefficient (Wildman–Crippen LogP) is 4.64. The topological polar surface area (TPSA) is 76.2 Å². The lowest BCUT2D eigenvalue weighted by Crippen LogP contribution is -2.30. The summed E-state index contributed by atoms with van der Waals surface area (Å²) in [6.45, 7) is 1.71. The predicted molar refractivity (Wildman–Crippen MR) is 113 cm³/mol. The molecule has 1 heterocycles. The van der Waals surface area contributed by atoms with Gasteiger partial charge >= 0.3 is 0 Å². The summed E-state index contributed by atoms with van der Waals surface area (Å²) in [6, 6.07) is 22.5. The van der Waals surface area contributed by atoms with Crippen molar-refractivity contribution in [1.29, 1.82) is 0 Å². The van der Waals surface area contributed by atoms with Crippen molar-refractivity contribution in [2.45, 2.75) is 13.0 Å². The minimum atomic E-state index is -0.654. The molecule has 0 bridgehead atoms. The highest BCUT2D eigenvalue weighted by Crippen LogP contribution is 2.23. The number of aromatic nitrogens is 2. The first-order valence-electron chi connectivity index (χ1n) is 9.29. The molecule has 0 spiro atoms. The Balaban J connectivity index is 1.45. The van der Waals surface area contributed by atoms with Crippen LogP contribution in [-0.2, 0) is 4.79 Å². The van der Waals surface area contributed by atoms with Crippen molar-refractivity contribution in [3.8, 4) is 22.9 Å². The molecule has 6 heteroatoms. The molecule has 0 aliphatic carbocycles. The van der Waals surface area contributed by atoms with Crippen LogP contribution in [0.4, 0.5) is 5.69 Å². The molecule has 4 aromatic rings. The molecule has 146 valence electrons. The summed E-state index contributed by atoms with van der Waals surface area (Å²) < 4.78 is 10.8. The van der Waals surface area contributed by atoms with Gasteiger partial charge in [0.2, 0.25) is 0 Å². The number of aromatic amines is 1. The Morgan fingerprint density at radius 2 is 1.76 bits per heavy atom. The van der Waals surface area contributed by atoms with E-state index in [-0.39, 0.29) is 5.91 Å². The Hall–Kier alpha value is -3.80. The van der Waals surface area contributed by atoms with Gasteiger partial charge in [0.1, 0.15) is 17.3 Å². The third kappa shape index (κ3) is 4.21. The third-order valence-electron chi connectivity index (χ3n) is 4.53. The minimum Gasteiger partial charge on any atom is -0.497 e. The maximum Gasteiger partial charge on any atom is 0.265 e. The molecule has 0 saturated heterocycles. The molecule has 3 aromatic carbocycles.